The van der Waals surface area contributed by atoms with Gasteiger partial charge in [0.15, 0.2) is 12.4 Å². The van der Waals surface area contributed by atoms with Gasteiger partial charge in [-0.2, -0.15) is 0 Å². The highest BCUT2D eigenvalue weighted by Crippen LogP contribution is 2.39. The molecule has 1 N–H and O–H groups in total. The van der Waals surface area contributed by atoms with Crippen LogP contribution in [0.3, 0.4) is 0 Å². The summed E-state index contributed by atoms with van der Waals surface area (Å²) in [7, 11) is 0. The number of hydrogen-bond donors (Lipinski definition) is 0. The number of rotatable bonds is 4. The first kappa shape index (κ1) is 19.9. The van der Waals surface area contributed by atoms with E-state index < -0.39 is 23.5 Å². The number of aromatic nitrogens is 1. The van der Waals surface area contributed by atoms with Crippen molar-refractivity contribution in [3.63, 3.8) is 0 Å². The number of pyridine rings is 1. The molecule has 1 aromatic heterocycles. The Hall–Kier alpha value is -3.44. The molecule has 1 atom stereocenters. The van der Waals surface area contributed by atoms with Gasteiger partial charge in [0.25, 0.3) is 5.91 Å². The fourth-order valence-electron chi connectivity index (χ4n) is 3.61. The van der Waals surface area contributed by atoms with Crippen molar-refractivity contribution >= 4 is 29.1 Å². The fraction of sp³-hybridized carbons (Fsp3) is 0.125. The van der Waals surface area contributed by atoms with Gasteiger partial charge in [0.1, 0.15) is 0 Å². The normalized spacial score (nSPS) is 18.1. The van der Waals surface area contributed by atoms with Crippen LogP contribution >= 0.6 is 11.6 Å². The van der Waals surface area contributed by atoms with Crippen LogP contribution in [0, 0.1) is 6.92 Å². The maximum absolute atomic E-state index is 13.3. The monoisotopic (exact) mass is 418 g/mol. The van der Waals surface area contributed by atoms with E-state index in [4.69, 9.17) is 11.6 Å². The van der Waals surface area contributed by atoms with E-state index in [0.29, 0.717) is 10.6 Å². The summed E-state index contributed by atoms with van der Waals surface area (Å²) in [4.78, 5) is 30.3. The van der Waals surface area contributed by atoms with Crippen molar-refractivity contribution in [2.24, 2.45) is 0 Å². The molecule has 0 saturated carbocycles. The fourth-order valence-corrected chi connectivity index (χ4v) is 3.74. The number of benzene rings is 2. The van der Waals surface area contributed by atoms with Crippen molar-refractivity contribution in [2.75, 3.05) is 0 Å². The highest BCUT2D eigenvalue weighted by Gasteiger charge is 2.44. The number of likely N-dealkylation sites (tertiary alicyclic amines) is 1. The summed E-state index contributed by atoms with van der Waals surface area (Å²) in [6.45, 7) is 2.16. The third-order valence-electron chi connectivity index (χ3n) is 5.15. The second-order valence-corrected chi connectivity index (χ2v) is 7.67. The summed E-state index contributed by atoms with van der Waals surface area (Å²) >= 11 is 5.93. The number of H-pyrrole nitrogens is 1. The molecule has 5 nitrogen and oxygen atoms in total. The highest BCUT2D eigenvalue weighted by molar-refractivity contribution is 6.46. The van der Waals surface area contributed by atoms with Crippen LogP contribution in [-0.4, -0.2) is 16.6 Å². The number of Topliss-reactive ketones (excluding diaryl/α,β-unsaturated/α-hetero) is 1. The van der Waals surface area contributed by atoms with Gasteiger partial charge in [0.2, 0.25) is 5.78 Å². The van der Waals surface area contributed by atoms with Crippen LogP contribution in [0.1, 0.15) is 28.3 Å². The molecule has 150 valence electrons. The lowest BCUT2D eigenvalue weighted by Crippen LogP contribution is -2.29. The molecule has 4 rings (SSSR count). The number of aryl methyl sites for hydroxylation is 1. The van der Waals surface area contributed by atoms with Crippen molar-refractivity contribution < 1.29 is 19.7 Å². The van der Waals surface area contributed by atoms with Gasteiger partial charge in [-0.3, -0.25) is 9.59 Å². The van der Waals surface area contributed by atoms with E-state index in [2.05, 4.69) is 4.98 Å². The molecule has 3 aromatic rings. The van der Waals surface area contributed by atoms with Crippen LogP contribution in [0.25, 0.3) is 5.76 Å². The molecule has 6 heteroatoms. The molecular formula is C24H19ClN2O3. The summed E-state index contributed by atoms with van der Waals surface area (Å²) in [5, 5.41) is 13.8. The van der Waals surface area contributed by atoms with Gasteiger partial charge in [-0.05, 0) is 36.2 Å². The van der Waals surface area contributed by atoms with Gasteiger partial charge in [-0.15, -0.1) is 0 Å². The van der Waals surface area contributed by atoms with Gasteiger partial charge in [0, 0.05) is 22.2 Å². The van der Waals surface area contributed by atoms with Crippen molar-refractivity contribution in [2.45, 2.75) is 19.5 Å². The molecule has 2 aromatic carbocycles. The zero-order valence-corrected chi connectivity index (χ0v) is 17.0. The minimum atomic E-state index is -0.763. The first-order chi connectivity index (χ1) is 14.5. The molecule has 0 aliphatic carbocycles. The van der Waals surface area contributed by atoms with Crippen molar-refractivity contribution in [3.8, 4) is 0 Å². The average molecular weight is 419 g/mol. The summed E-state index contributed by atoms with van der Waals surface area (Å²) in [6, 6.07) is 16.8. The Balaban J connectivity index is 1.85. The number of nitrogens with zero attached hydrogens (tertiary/aromatic N) is 1. The molecule has 0 bridgehead atoms. The number of ketones is 1. The highest BCUT2D eigenvalue weighted by atomic mass is 35.5. The van der Waals surface area contributed by atoms with Gasteiger partial charge in [0.05, 0.1) is 12.6 Å². The number of aromatic amines is 1. The Kier molecular flexibility index (Phi) is 5.38. The molecule has 1 aliphatic heterocycles. The largest absolute Gasteiger partial charge is 0.872 e. The van der Waals surface area contributed by atoms with Gasteiger partial charge >= 0.3 is 0 Å². The quantitative estimate of drug-likeness (QED) is 0.371. The Morgan fingerprint density at radius 3 is 2.40 bits per heavy atom. The van der Waals surface area contributed by atoms with Crippen LogP contribution in [0.15, 0.2) is 78.6 Å². The lowest BCUT2D eigenvalue weighted by atomic mass is 9.94. The zero-order valence-electron chi connectivity index (χ0n) is 16.3. The molecule has 1 saturated heterocycles. The van der Waals surface area contributed by atoms with E-state index in [1.807, 2.05) is 43.3 Å². The molecule has 30 heavy (non-hydrogen) atoms. The van der Waals surface area contributed by atoms with Crippen molar-refractivity contribution in [1.82, 2.24) is 4.90 Å². The average Bonchev–Trinajstić information content (AvgIpc) is 3.00. The summed E-state index contributed by atoms with van der Waals surface area (Å²) in [5.41, 5.74) is 2.88. The molecule has 1 fully saturated rings. The Labute approximate surface area is 179 Å². The van der Waals surface area contributed by atoms with Crippen molar-refractivity contribution in [3.05, 3.63) is 106 Å². The van der Waals surface area contributed by atoms with E-state index in [0.717, 1.165) is 16.7 Å². The second kappa shape index (κ2) is 8.13. The lowest BCUT2D eigenvalue weighted by Gasteiger charge is -2.27. The number of hydrogen-bond acceptors (Lipinski definition) is 3. The Bertz CT molecular complexity index is 1120. The predicted molar refractivity (Wildman–Crippen MR) is 111 cm³/mol. The number of carbonyl (C=O) groups is 2. The van der Waals surface area contributed by atoms with Gasteiger partial charge in [-0.25, -0.2) is 4.98 Å². The first-order valence-electron chi connectivity index (χ1n) is 9.49. The van der Waals surface area contributed by atoms with Crippen LogP contribution in [0.4, 0.5) is 0 Å². The summed E-state index contributed by atoms with van der Waals surface area (Å²) < 4.78 is 0. The molecule has 0 radical (unpaired) electrons. The Morgan fingerprint density at radius 1 is 1.07 bits per heavy atom. The second-order valence-electron chi connectivity index (χ2n) is 7.24. The minimum absolute atomic E-state index is 0.0360. The van der Waals surface area contributed by atoms with E-state index in [1.165, 1.54) is 4.90 Å². The maximum atomic E-state index is 13.3. The predicted octanol–water partition coefficient (Wildman–Crippen LogP) is 2.89. The minimum Gasteiger partial charge on any atom is -0.872 e. The summed E-state index contributed by atoms with van der Waals surface area (Å²) in [5.74, 6) is -1.90. The van der Waals surface area contributed by atoms with Gasteiger partial charge < -0.3 is 10.0 Å². The first-order valence-corrected chi connectivity index (χ1v) is 9.87. The van der Waals surface area contributed by atoms with Crippen LogP contribution in [0.5, 0.6) is 0 Å². The number of halogens is 1. The maximum Gasteiger partial charge on any atom is 0.295 e. The number of carbonyl (C=O) groups excluding carboxylic acids is 2. The summed E-state index contributed by atoms with van der Waals surface area (Å²) in [6.07, 6.45) is 3.53. The third-order valence-corrected chi connectivity index (χ3v) is 5.41. The van der Waals surface area contributed by atoms with Gasteiger partial charge in [-0.1, -0.05) is 59.3 Å². The zero-order chi connectivity index (χ0) is 21.3. The molecule has 1 unspecified atom stereocenters. The Morgan fingerprint density at radius 2 is 1.77 bits per heavy atom. The topological polar surface area (TPSA) is 74.6 Å². The van der Waals surface area contributed by atoms with E-state index in [9.17, 15) is 14.7 Å². The molecule has 1 aliphatic rings. The molecule has 1 amide bonds. The molecule has 0 spiro atoms. The van der Waals surface area contributed by atoms with Crippen molar-refractivity contribution in [1.29, 1.82) is 0 Å². The number of nitrogens with one attached hydrogen (secondary N) is 1. The lowest BCUT2D eigenvalue weighted by molar-refractivity contribution is -0.378. The SMILES string of the molecule is Cc1ccc(C2C(=C([O-])c3ccc(Cl)cc3)C(=O)C(=O)N2Cc2ccc[nH+]c2)cc1. The smallest absolute Gasteiger partial charge is 0.295 e. The number of amides is 1. The van der Waals surface area contributed by atoms with E-state index >= 15 is 0 Å². The molecule has 2 heterocycles. The van der Waals surface area contributed by atoms with Crippen LogP contribution in [-0.2, 0) is 16.1 Å². The van der Waals surface area contributed by atoms with E-state index in [-0.39, 0.29) is 12.1 Å². The molecular weight excluding hydrogens is 400 g/mol. The third kappa shape index (κ3) is 3.72. The van der Waals surface area contributed by atoms with E-state index in [1.54, 1.807) is 36.7 Å². The standard InChI is InChI=1S/C24H19ClN2O3/c1-15-4-6-17(7-5-15)21-20(22(28)18-8-10-19(25)11-9-18)23(29)24(30)27(21)14-16-3-2-12-26-13-16/h2-13,21,28H,14H2,1H3. The van der Waals surface area contributed by atoms with Crippen LogP contribution in [0.2, 0.25) is 5.02 Å². The van der Waals surface area contributed by atoms with Crippen LogP contribution < -0.4 is 10.1 Å².